The molecular formula is C17H28N2O2. The fourth-order valence-corrected chi connectivity index (χ4v) is 2.43. The second-order valence-electron chi connectivity index (χ2n) is 6.47. The lowest BCUT2D eigenvalue weighted by molar-refractivity contribution is -0.138. The third-order valence-corrected chi connectivity index (χ3v) is 3.47. The van der Waals surface area contributed by atoms with Gasteiger partial charge in [-0.1, -0.05) is 6.07 Å². The van der Waals surface area contributed by atoms with Crippen molar-refractivity contribution in [3.63, 3.8) is 0 Å². The summed E-state index contributed by atoms with van der Waals surface area (Å²) in [5.74, 6) is 0.733. The zero-order valence-electron chi connectivity index (χ0n) is 13.6. The Morgan fingerprint density at radius 3 is 2.33 bits per heavy atom. The molecule has 0 unspecified atom stereocenters. The van der Waals surface area contributed by atoms with E-state index in [4.69, 9.17) is 5.73 Å². The van der Waals surface area contributed by atoms with Gasteiger partial charge in [-0.3, -0.25) is 4.79 Å². The quantitative estimate of drug-likeness (QED) is 0.649. The maximum absolute atomic E-state index is 9.60. The third kappa shape index (κ3) is 6.63. The first-order valence-corrected chi connectivity index (χ1v) is 7.51. The van der Waals surface area contributed by atoms with Crippen LogP contribution in [0.1, 0.15) is 50.7 Å². The summed E-state index contributed by atoms with van der Waals surface area (Å²) in [5, 5.41) is 3.39. The van der Waals surface area contributed by atoms with Gasteiger partial charge in [0.25, 0.3) is 6.47 Å². The van der Waals surface area contributed by atoms with Crippen LogP contribution in [0.15, 0.2) is 18.2 Å². The Kier molecular flexibility index (Phi) is 6.69. The molecule has 1 aromatic rings. The van der Waals surface area contributed by atoms with Gasteiger partial charge < -0.3 is 15.8 Å². The van der Waals surface area contributed by atoms with Gasteiger partial charge in [0.05, 0.1) is 0 Å². The maximum Gasteiger partial charge on any atom is 0.293 e. The van der Waals surface area contributed by atoms with Gasteiger partial charge in [-0.25, -0.2) is 0 Å². The molecular weight excluding hydrogens is 264 g/mol. The molecule has 1 aliphatic rings. The van der Waals surface area contributed by atoms with E-state index in [0.717, 1.165) is 24.7 Å². The molecule has 2 rings (SSSR count). The SMILES string of the molecule is CC(C)(C)OC=O.Cc1cc(N)ccc1C1CCNCC1. The minimum absolute atomic E-state index is 0.318. The molecule has 1 saturated heterocycles. The minimum Gasteiger partial charge on any atom is -0.462 e. The number of hydrogen-bond donors (Lipinski definition) is 2. The number of ether oxygens (including phenoxy) is 1. The van der Waals surface area contributed by atoms with Crippen molar-refractivity contribution >= 4 is 12.2 Å². The first-order valence-electron chi connectivity index (χ1n) is 7.51. The van der Waals surface area contributed by atoms with Crippen LogP contribution in [0.5, 0.6) is 0 Å². The molecule has 0 bridgehead atoms. The molecule has 0 saturated carbocycles. The van der Waals surface area contributed by atoms with E-state index in [9.17, 15) is 4.79 Å². The second-order valence-corrected chi connectivity index (χ2v) is 6.47. The number of piperidine rings is 1. The molecule has 0 spiro atoms. The summed E-state index contributed by atoms with van der Waals surface area (Å²) in [7, 11) is 0. The van der Waals surface area contributed by atoms with Crippen molar-refractivity contribution in [3.8, 4) is 0 Å². The van der Waals surface area contributed by atoms with Gasteiger partial charge in [0.1, 0.15) is 5.60 Å². The Hall–Kier alpha value is -1.55. The summed E-state index contributed by atoms with van der Waals surface area (Å²) in [6.07, 6.45) is 2.51. The maximum atomic E-state index is 9.60. The number of nitrogens with two attached hydrogens (primary N) is 1. The number of hydrogen-bond acceptors (Lipinski definition) is 4. The molecule has 21 heavy (non-hydrogen) atoms. The summed E-state index contributed by atoms with van der Waals surface area (Å²) >= 11 is 0. The molecule has 0 atom stereocenters. The van der Waals surface area contributed by atoms with Crippen LogP contribution < -0.4 is 11.1 Å². The van der Waals surface area contributed by atoms with Crippen LogP contribution in [0.3, 0.4) is 0 Å². The number of rotatable bonds is 2. The standard InChI is InChI=1S/C12H18N2.C5H10O2/c1-9-8-11(13)2-3-12(9)10-4-6-14-7-5-10;1-5(2,3)7-4-6/h2-3,8,10,14H,4-7,13H2,1H3;4H,1-3H3. The van der Waals surface area contributed by atoms with Gasteiger partial charge in [0.15, 0.2) is 0 Å². The number of anilines is 1. The third-order valence-electron chi connectivity index (χ3n) is 3.47. The Balaban J connectivity index is 0.000000270. The van der Waals surface area contributed by atoms with Crippen LogP contribution in [0.25, 0.3) is 0 Å². The zero-order chi connectivity index (χ0) is 15.9. The highest BCUT2D eigenvalue weighted by Gasteiger charge is 2.16. The van der Waals surface area contributed by atoms with Crippen LogP contribution in [0, 0.1) is 6.92 Å². The molecule has 1 heterocycles. The lowest BCUT2D eigenvalue weighted by Gasteiger charge is -2.24. The highest BCUT2D eigenvalue weighted by atomic mass is 16.5. The van der Waals surface area contributed by atoms with E-state index in [1.165, 1.54) is 24.0 Å². The van der Waals surface area contributed by atoms with E-state index in [0.29, 0.717) is 6.47 Å². The topological polar surface area (TPSA) is 64.3 Å². The molecule has 3 N–H and O–H groups in total. The van der Waals surface area contributed by atoms with Crippen molar-refractivity contribution in [3.05, 3.63) is 29.3 Å². The molecule has 4 nitrogen and oxygen atoms in total. The monoisotopic (exact) mass is 292 g/mol. The van der Waals surface area contributed by atoms with Gasteiger partial charge in [0.2, 0.25) is 0 Å². The van der Waals surface area contributed by atoms with Crippen molar-refractivity contribution in [1.82, 2.24) is 5.32 Å². The molecule has 1 aliphatic heterocycles. The van der Waals surface area contributed by atoms with E-state index in [-0.39, 0.29) is 5.60 Å². The smallest absolute Gasteiger partial charge is 0.293 e. The van der Waals surface area contributed by atoms with E-state index in [1.54, 1.807) is 0 Å². The van der Waals surface area contributed by atoms with Crippen LogP contribution in [-0.2, 0) is 9.53 Å². The lowest BCUT2D eigenvalue weighted by atomic mass is 9.87. The first-order chi connectivity index (χ1) is 9.83. The highest BCUT2D eigenvalue weighted by molar-refractivity contribution is 5.45. The summed E-state index contributed by atoms with van der Waals surface area (Å²) in [6, 6.07) is 6.29. The second kappa shape index (κ2) is 8.03. The predicted molar refractivity (Wildman–Crippen MR) is 87.3 cm³/mol. The average molecular weight is 292 g/mol. The van der Waals surface area contributed by atoms with Crippen LogP contribution >= 0.6 is 0 Å². The van der Waals surface area contributed by atoms with Gasteiger partial charge in [-0.05, 0) is 82.8 Å². The lowest BCUT2D eigenvalue weighted by Crippen LogP contribution is -2.26. The number of aryl methyl sites for hydroxylation is 1. The Labute approximate surface area is 128 Å². The molecule has 4 heteroatoms. The fourth-order valence-electron chi connectivity index (χ4n) is 2.43. The summed E-state index contributed by atoms with van der Waals surface area (Å²) in [4.78, 5) is 9.60. The zero-order valence-corrected chi connectivity index (χ0v) is 13.6. The highest BCUT2D eigenvalue weighted by Crippen LogP contribution is 2.28. The van der Waals surface area contributed by atoms with Crippen molar-refractivity contribution in [1.29, 1.82) is 0 Å². The van der Waals surface area contributed by atoms with E-state index in [2.05, 4.69) is 29.1 Å². The first kappa shape index (κ1) is 17.5. The fraction of sp³-hybridized carbons (Fsp3) is 0.588. The van der Waals surface area contributed by atoms with Gasteiger partial charge in [-0.15, -0.1) is 0 Å². The number of nitrogens with one attached hydrogen (secondary N) is 1. The molecule has 0 aromatic heterocycles. The van der Waals surface area contributed by atoms with Crippen molar-refractivity contribution in [2.24, 2.45) is 0 Å². The molecule has 1 aromatic carbocycles. The van der Waals surface area contributed by atoms with E-state index < -0.39 is 0 Å². The Bertz CT molecular complexity index is 447. The molecule has 1 fully saturated rings. The molecule has 0 aliphatic carbocycles. The van der Waals surface area contributed by atoms with Crippen molar-refractivity contribution < 1.29 is 9.53 Å². The molecule has 118 valence electrons. The van der Waals surface area contributed by atoms with E-state index in [1.807, 2.05) is 26.8 Å². The van der Waals surface area contributed by atoms with Gasteiger partial charge in [0, 0.05) is 5.69 Å². The summed E-state index contributed by atoms with van der Waals surface area (Å²) < 4.78 is 4.55. The summed E-state index contributed by atoms with van der Waals surface area (Å²) in [6.45, 7) is 10.4. The predicted octanol–water partition coefficient (Wildman–Crippen LogP) is 3.00. The van der Waals surface area contributed by atoms with Gasteiger partial charge in [-0.2, -0.15) is 0 Å². The normalized spacial score (nSPS) is 15.8. The summed E-state index contributed by atoms with van der Waals surface area (Å²) in [5.41, 5.74) is 9.13. The van der Waals surface area contributed by atoms with Crippen molar-refractivity contribution in [2.75, 3.05) is 18.8 Å². The van der Waals surface area contributed by atoms with Crippen molar-refractivity contribution in [2.45, 2.75) is 52.1 Å². The Morgan fingerprint density at radius 2 is 1.90 bits per heavy atom. The largest absolute Gasteiger partial charge is 0.462 e. The average Bonchev–Trinajstić information content (AvgIpc) is 2.39. The van der Waals surface area contributed by atoms with E-state index >= 15 is 0 Å². The van der Waals surface area contributed by atoms with Crippen LogP contribution in [0.2, 0.25) is 0 Å². The number of nitrogen functional groups attached to an aromatic ring is 1. The number of carbonyl (C=O) groups excluding carboxylic acids is 1. The molecule has 0 amide bonds. The van der Waals surface area contributed by atoms with Crippen LogP contribution in [0.4, 0.5) is 5.69 Å². The molecule has 0 radical (unpaired) electrons. The number of benzene rings is 1. The van der Waals surface area contributed by atoms with Gasteiger partial charge >= 0.3 is 0 Å². The minimum atomic E-state index is -0.318. The number of carbonyl (C=O) groups is 1. The van der Waals surface area contributed by atoms with Crippen LogP contribution in [-0.4, -0.2) is 25.2 Å². The Morgan fingerprint density at radius 1 is 1.29 bits per heavy atom.